The standard InChI is InChI=1S/C17H19N3O2S/c1-10(2)22-17-13-9-12(5-6-14(13)20(4)19-17)18-16(21)15-11(3)7-8-23-15/h5-10H,1-4H3,(H,18,21). The van der Waals surface area contributed by atoms with Gasteiger partial charge in [-0.2, -0.15) is 0 Å². The zero-order valence-corrected chi connectivity index (χ0v) is 14.4. The minimum absolute atomic E-state index is 0.0418. The first-order chi connectivity index (χ1) is 11.0. The van der Waals surface area contributed by atoms with Crippen LogP contribution >= 0.6 is 11.3 Å². The number of hydrogen-bond acceptors (Lipinski definition) is 4. The van der Waals surface area contributed by atoms with Gasteiger partial charge in [0.1, 0.15) is 0 Å². The maximum atomic E-state index is 12.3. The molecule has 0 aliphatic heterocycles. The third kappa shape index (κ3) is 3.07. The zero-order valence-electron chi connectivity index (χ0n) is 13.6. The Morgan fingerprint density at radius 3 is 2.78 bits per heavy atom. The Hall–Kier alpha value is -2.34. The molecule has 0 saturated heterocycles. The number of amides is 1. The predicted molar refractivity (Wildman–Crippen MR) is 93.5 cm³/mol. The number of aromatic nitrogens is 2. The summed E-state index contributed by atoms with van der Waals surface area (Å²) < 4.78 is 7.54. The van der Waals surface area contributed by atoms with Gasteiger partial charge in [0.05, 0.1) is 21.9 Å². The van der Waals surface area contributed by atoms with E-state index in [1.54, 1.807) is 4.68 Å². The summed E-state index contributed by atoms with van der Waals surface area (Å²) in [5, 5.41) is 10.2. The number of anilines is 1. The third-order valence-corrected chi connectivity index (χ3v) is 4.51. The van der Waals surface area contributed by atoms with Crippen LogP contribution in [0.5, 0.6) is 5.88 Å². The summed E-state index contributed by atoms with van der Waals surface area (Å²) in [6, 6.07) is 7.66. The summed E-state index contributed by atoms with van der Waals surface area (Å²) in [6.07, 6.45) is 0.0418. The highest BCUT2D eigenvalue weighted by Gasteiger charge is 2.14. The van der Waals surface area contributed by atoms with Crippen molar-refractivity contribution in [1.82, 2.24) is 9.78 Å². The van der Waals surface area contributed by atoms with Crippen molar-refractivity contribution in [3.63, 3.8) is 0 Å². The number of carbonyl (C=O) groups is 1. The molecular weight excluding hydrogens is 310 g/mol. The summed E-state index contributed by atoms with van der Waals surface area (Å²) >= 11 is 1.44. The number of aryl methyl sites for hydroxylation is 2. The number of benzene rings is 1. The van der Waals surface area contributed by atoms with Gasteiger partial charge in [0, 0.05) is 12.7 Å². The molecule has 1 N–H and O–H groups in total. The molecular formula is C17H19N3O2S. The number of rotatable bonds is 4. The average Bonchev–Trinajstić information content (AvgIpc) is 3.03. The van der Waals surface area contributed by atoms with Crippen molar-refractivity contribution >= 4 is 33.8 Å². The largest absolute Gasteiger partial charge is 0.473 e. The maximum Gasteiger partial charge on any atom is 0.265 e. The Balaban J connectivity index is 1.93. The van der Waals surface area contributed by atoms with Crippen LogP contribution in [0, 0.1) is 6.92 Å². The molecule has 0 atom stereocenters. The van der Waals surface area contributed by atoms with Gasteiger partial charge in [-0.1, -0.05) is 0 Å². The second-order valence-corrected chi connectivity index (χ2v) is 6.63. The fourth-order valence-electron chi connectivity index (χ4n) is 2.41. The van der Waals surface area contributed by atoms with Gasteiger partial charge in [0.25, 0.3) is 5.91 Å². The van der Waals surface area contributed by atoms with Gasteiger partial charge in [-0.3, -0.25) is 9.48 Å². The van der Waals surface area contributed by atoms with Crippen molar-refractivity contribution in [3.8, 4) is 5.88 Å². The lowest BCUT2D eigenvalue weighted by atomic mass is 10.2. The Morgan fingerprint density at radius 2 is 2.13 bits per heavy atom. The molecule has 0 radical (unpaired) electrons. The zero-order chi connectivity index (χ0) is 16.6. The van der Waals surface area contributed by atoms with Crippen LogP contribution in [0.25, 0.3) is 10.9 Å². The van der Waals surface area contributed by atoms with Crippen molar-refractivity contribution in [2.45, 2.75) is 26.9 Å². The molecule has 3 aromatic rings. The minimum atomic E-state index is -0.0907. The van der Waals surface area contributed by atoms with E-state index in [4.69, 9.17) is 4.74 Å². The summed E-state index contributed by atoms with van der Waals surface area (Å²) in [5.74, 6) is 0.493. The van der Waals surface area contributed by atoms with Crippen molar-refractivity contribution in [2.75, 3.05) is 5.32 Å². The van der Waals surface area contributed by atoms with Gasteiger partial charge < -0.3 is 10.1 Å². The number of thiophene rings is 1. The molecule has 0 spiro atoms. The van der Waals surface area contributed by atoms with Crippen LogP contribution in [0.4, 0.5) is 5.69 Å². The van der Waals surface area contributed by atoms with Crippen LogP contribution < -0.4 is 10.1 Å². The average molecular weight is 329 g/mol. The van der Waals surface area contributed by atoms with Gasteiger partial charge in [-0.25, -0.2) is 0 Å². The van der Waals surface area contributed by atoms with Crippen molar-refractivity contribution in [3.05, 3.63) is 40.1 Å². The maximum absolute atomic E-state index is 12.3. The number of carbonyl (C=O) groups excluding carboxylic acids is 1. The quantitative estimate of drug-likeness (QED) is 0.787. The second kappa shape index (κ2) is 6.04. The normalized spacial score (nSPS) is 11.2. The van der Waals surface area contributed by atoms with E-state index >= 15 is 0 Å². The molecule has 2 heterocycles. The van der Waals surface area contributed by atoms with E-state index in [2.05, 4.69) is 10.4 Å². The van der Waals surface area contributed by atoms with Crippen molar-refractivity contribution in [2.24, 2.45) is 7.05 Å². The molecule has 1 aromatic carbocycles. The first-order valence-electron chi connectivity index (χ1n) is 7.44. The van der Waals surface area contributed by atoms with Crippen molar-refractivity contribution in [1.29, 1.82) is 0 Å². The van der Waals surface area contributed by atoms with E-state index in [-0.39, 0.29) is 12.0 Å². The minimum Gasteiger partial charge on any atom is -0.473 e. The molecule has 0 bridgehead atoms. The van der Waals surface area contributed by atoms with Crippen LogP contribution in [0.2, 0.25) is 0 Å². The van der Waals surface area contributed by atoms with Crippen LogP contribution in [0.15, 0.2) is 29.6 Å². The number of hydrogen-bond donors (Lipinski definition) is 1. The molecule has 23 heavy (non-hydrogen) atoms. The molecule has 5 nitrogen and oxygen atoms in total. The lowest BCUT2D eigenvalue weighted by Gasteiger charge is -2.07. The fourth-order valence-corrected chi connectivity index (χ4v) is 3.24. The van der Waals surface area contributed by atoms with E-state index in [1.165, 1.54) is 11.3 Å². The van der Waals surface area contributed by atoms with Crippen molar-refractivity contribution < 1.29 is 9.53 Å². The molecule has 0 aliphatic carbocycles. The van der Waals surface area contributed by atoms with Gasteiger partial charge >= 0.3 is 0 Å². The SMILES string of the molecule is Cc1ccsc1C(=O)Nc1ccc2c(c1)c(OC(C)C)nn2C. The van der Waals surface area contributed by atoms with Gasteiger partial charge in [0.2, 0.25) is 5.88 Å². The predicted octanol–water partition coefficient (Wildman–Crippen LogP) is 3.98. The monoisotopic (exact) mass is 329 g/mol. The molecule has 0 fully saturated rings. The molecule has 120 valence electrons. The lowest BCUT2D eigenvalue weighted by molar-refractivity contribution is 0.103. The number of ether oxygens (including phenoxy) is 1. The fraction of sp³-hybridized carbons (Fsp3) is 0.294. The number of nitrogens with one attached hydrogen (secondary N) is 1. The van der Waals surface area contributed by atoms with E-state index in [0.29, 0.717) is 5.88 Å². The van der Waals surface area contributed by atoms with Crippen LogP contribution in [-0.2, 0) is 7.05 Å². The Kier molecular flexibility index (Phi) is 4.09. The third-order valence-electron chi connectivity index (χ3n) is 3.49. The second-order valence-electron chi connectivity index (χ2n) is 5.71. The molecule has 6 heteroatoms. The van der Waals surface area contributed by atoms with E-state index < -0.39 is 0 Å². The highest BCUT2D eigenvalue weighted by molar-refractivity contribution is 7.12. The summed E-state index contributed by atoms with van der Waals surface area (Å²) in [7, 11) is 1.88. The van der Waals surface area contributed by atoms with Crippen LogP contribution in [0.1, 0.15) is 29.1 Å². The van der Waals surface area contributed by atoms with Gasteiger partial charge in [-0.05, 0) is 56.0 Å². The van der Waals surface area contributed by atoms with E-state index in [9.17, 15) is 4.79 Å². The topological polar surface area (TPSA) is 56.1 Å². The van der Waals surface area contributed by atoms with E-state index in [1.807, 2.05) is 57.5 Å². The molecule has 0 saturated carbocycles. The molecule has 3 rings (SSSR count). The lowest BCUT2D eigenvalue weighted by Crippen LogP contribution is -2.11. The van der Waals surface area contributed by atoms with Gasteiger partial charge in [-0.15, -0.1) is 16.4 Å². The smallest absolute Gasteiger partial charge is 0.265 e. The Labute approximate surface area is 138 Å². The highest BCUT2D eigenvalue weighted by Crippen LogP contribution is 2.28. The molecule has 1 amide bonds. The van der Waals surface area contributed by atoms with Gasteiger partial charge in [0.15, 0.2) is 0 Å². The van der Waals surface area contributed by atoms with Crippen LogP contribution in [-0.4, -0.2) is 21.8 Å². The Morgan fingerprint density at radius 1 is 1.35 bits per heavy atom. The van der Waals surface area contributed by atoms with E-state index in [0.717, 1.165) is 27.0 Å². The number of fused-ring (bicyclic) bond motifs is 1. The molecule has 0 unspecified atom stereocenters. The highest BCUT2D eigenvalue weighted by atomic mass is 32.1. The summed E-state index contributed by atoms with van der Waals surface area (Å²) in [4.78, 5) is 13.1. The molecule has 0 aliphatic rings. The molecule has 2 aromatic heterocycles. The summed E-state index contributed by atoms with van der Waals surface area (Å²) in [6.45, 7) is 5.86. The number of nitrogens with zero attached hydrogens (tertiary/aromatic N) is 2. The Bertz CT molecular complexity index is 864. The first kappa shape index (κ1) is 15.6. The van der Waals surface area contributed by atoms with Crippen LogP contribution in [0.3, 0.4) is 0 Å². The first-order valence-corrected chi connectivity index (χ1v) is 8.32. The summed E-state index contributed by atoms with van der Waals surface area (Å²) in [5.41, 5.74) is 2.68.